The molecular weight excluding hydrogens is 331 g/mol. The van der Waals surface area contributed by atoms with Crippen LogP contribution in [0.4, 0.5) is 10.2 Å². The van der Waals surface area contributed by atoms with Crippen molar-refractivity contribution in [3.63, 3.8) is 0 Å². The van der Waals surface area contributed by atoms with E-state index in [4.69, 9.17) is 5.73 Å². The van der Waals surface area contributed by atoms with E-state index in [-0.39, 0.29) is 17.6 Å². The van der Waals surface area contributed by atoms with Gasteiger partial charge in [0.2, 0.25) is 0 Å². The molecule has 3 aromatic rings. The van der Waals surface area contributed by atoms with Crippen LogP contribution in [0.15, 0.2) is 54.7 Å². The fourth-order valence-electron chi connectivity index (χ4n) is 2.53. The molecule has 26 heavy (non-hydrogen) atoms. The topological polar surface area (TPSA) is 84.1 Å². The highest BCUT2D eigenvalue weighted by molar-refractivity contribution is 5.74. The summed E-state index contributed by atoms with van der Waals surface area (Å²) in [4.78, 5) is 8.70. The minimum absolute atomic E-state index is 0.0399. The maximum absolute atomic E-state index is 13.5. The largest absolute Gasteiger partial charge is 0.507 e. The van der Waals surface area contributed by atoms with Crippen molar-refractivity contribution in [3.8, 4) is 28.3 Å². The lowest BCUT2D eigenvalue weighted by Crippen LogP contribution is -2.28. The third-order valence-corrected chi connectivity index (χ3v) is 4.12. The zero-order valence-corrected chi connectivity index (χ0v) is 14.5. The van der Waals surface area contributed by atoms with Gasteiger partial charge in [0.05, 0.1) is 5.56 Å². The molecule has 0 amide bonds. The number of benzene rings is 2. The molecule has 5 nitrogen and oxygen atoms in total. The van der Waals surface area contributed by atoms with Crippen LogP contribution in [-0.2, 0) is 0 Å². The molecule has 6 heteroatoms. The van der Waals surface area contributed by atoms with E-state index in [0.717, 1.165) is 17.5 Å². The van der Waals surface area contributed by atoms with Crippen molar-refractivity contribution in [2.45, 2.75) is 19.4 Å². The lowest BCUT2D eigenvalue weighted by molar-refractivity contribution is 0.477. The van der Waals surface area contributed by atoms with Crippen LogP contribution >= 0.6 is 0 Å². The summed E-state index contributed by atoms with van der Waals surface area (Å²) >= 11 is 0. The van der Waals surface area contributed by atoms with Gasteiger partial charge in [-0.3, -0.25) is 0 Å². The van der Waals surface area contributed by atoms with Crippen LogP contribution < -0.4 is 11.1 Å². The Morgan fingerprint density at radius 2 is 1.96 bits per heavy atom. The lowest BCUT2D eigenvalue weighted by atomic mass is 10.0. The summed E-state index contributed by atoms with van der Waals surface area (Å²) in [7, 11) is 0. The van der Waals surface area contributed by atoms with Crippen molar-refractivity contribution in [3.05, 3.63) is 60.5 Å². The molecule has 0 saturated heterocycles. The molecule has 134 valence electrons. The van der Waals surface area contributed by atoms with Crippen molar-refractivity contribution in [1.82, 2.24) is 9.97 Å². The van der Waals surface area contributed by atoms with Gasteiger partial charge in [-0.15, -0.1) is 0 Å². The molecule has 0 radical (unpaired) electrons. The Labute approximate surface area is 151 Å². The van der Waals surface area contributed by atoms with Crippen molar-refractivity contribution in [2.24, 2.45) is 5.73 Å². The Bertz CT molecular complexity index is 900. The maximum Gasteiger partial charge on any atom is 0.165 e. The van der Waals surface area contributed by atoms with Gasteiger partial charge in [0.15, 0.2) is 5.82 Å². The third-order valence-electron chi connectivity index (χ3n) is 4.12. The second-order valence-corrected chi connectivity index (χ2v) is 6.06. The van der Waals surface area contributed by atoms with Gasteiger partial charge in [0.25, 0.3) is 0 Å². The first kappa shape index (κ1) is 17.8. The first-order valence-electron chi connectivity index (χ1n) is 8.48. The molecule has 4 N–H and O–H groups in total. The van der Waals surface area contributed by atoms with E-state index in [9.17, 15) is 9.50 Å². The number of aromatic hydroxyl groups is 1. The number of nitrogens with one attached hydrogen (secondary N) is 1. The highest BCUT2D eigenvalue weighted by Crippen LogP contribution is 2.32. The lowest BCUT2D eigenvalue weighted by Gasteiger charge is -2.12. The summed E-state index contributed by atoms with van der Waals surface area (Å²) < 4.78 is 13.5. The Morgan fingerprint density at radius 1 is 1.15 bits per heavy atom. The predicted molar refractivity (Wildman–Crippen MR) is 101 cm³/mol. The number of halogens is 1. The van der Waals surface area contributed by atoms with E-state index in [1.165, 1.54) is 12.1 Å². The summed E-state index contributed by atoms with van der Waals surface area (Å²) in [6.45, 7) is 2.62. The normalized spacial score (nSPS) is 12.0. The third kappa shape index (κ3) is 4.15. The van der Waals surface area contributed by atoms with E-state index in [0.29, 0.717) is 23.8 Å². The molecule has 1 heterocycles. The fourth-order valence-corrected chi connectivity index (χ4v) is 2.53. The minimum atomic E-state index is -0.313. The summed E-state index contributed by atoms with van der Waals surface area (Å²) in [6, 6.07) is 13.1. The highest BCUT2D eigenvalue weighted by Gasteiger charge is 2.11. The SMILES string of the molecule is CC[C@@H](N)CNc1ccnc(-c2cc(-c3cccc(F)c3)ccc2O)n1. The standard InChI is InChI=1S/C20H21FN4O/c1-2-16(22)12-24-19-8-9-23-20(25-19)17-11-14(6-7-18(17)26)13-4-3-5-15(21)10-13/h3-11,16,26H,2,12,22H2,1H3,(H,23,24,25)/t16-/m1/s1. The molecule has 0 aliphatic carbocycles. The summed E-state index contributed by atoms with van der Waals surface area (Å²) in [5.74, 6) is 0.768. The number of phenolic OH excluding ortho intramolecular Hbond substituents is 1. The van der Waals surface area contributed by atoms with E-state index in [1.807, 2.05) is 13.0 Å². The van der Waals surface area contributed by atoms with Crippen molar-refractivity contribution >= 4 is 5.82 Å². The van der Waals surface area contributed by atoms with Gasteiger partial charge >= 0.3 is 0 Å². The Balaban J connectivity index is 1.92. The number of aromatic nitrogens is 2. The predicted octanol–water partition coefficient (Wildman–Crippen LogP) is 3.80. The first-order valence-corrected chi connectivity index (χ1v) is 8.48. The van der Waals surface area contributed by atoms with Crippen molar-refractivity contribution in [1.29, 1.82) is 0 Å². The van der Waals surface area contributed by atoms with Gasteiger partial charge in [-0.05, 0) is 47.9 Å². The Kier molecular flexibility index (Phi) is 5.43. The number of nitrogens with zero attached hydrogens (tertiary/aromatic N) is 2. The summed E-state index contributed by atoms with van der Waals surface area (Å²) in [5, 5.41) is 13.4. The zero-order valence-electron chi connectivity index (χ0n) is 14.5. The minimum Gasteiger partial charge on any atom is -0.507 e. The van der Waals surface area contributed by atoms with Crippen LogP contribution in [0.3, 0.4) is 0 Å². The van der Waals surface area contributed by atoms with Gasteiger partial charge in [0.1, 0.15) is 17.4 Å². The van der Waals surface area contributed by atoms with Crippen LogP contribution in [0.1, 0.15) is 13.3 Å². The number of anilines is 1. The smallest absolute Gasteiger partial charge is 0.165 e. The molecule has 3 rings (SSSR count). The second kappa shape index (κ2) is 7.93. The molecule has 1 aromatic heterocycles. The van der Waals surface area contributed by atoms with E-state index >= 15 is 0 Å². The van der Waals surface area contributed by atoms with Crippen LogP contribution in [0.5, 0.6) is 5.75 Å². The molecule has 0 unspecified atom stereocenters. The van der Waals surface area contributed by atoms with E-state index < -0.39 is 0 Å². The first-order chi connectivity index (χ1) is 12.6. The molecule has 0 bridgehead atoms. The molecule has 0 aliphatic heterocycles. The average molecular weight is 352 g/mol. The van der Waals surface area contributed by atoms with Gasteiger partial charge in [0, 0.05) is 18.8 Å². The quantitative estimate of drug-likeness (QED) is 0.628. The van der Waals surface area contributed by atoms with Gasteiger partial charge in [-0.1, -0.05) is 25.1 Å². The molecule has 0 spiro atoms. The molecule has 1 atom stereocenters. The van der Waals surface area contributed by atoms with Crippen LogP contribution in [0.2, 0.25) is 0 Å². The number of hydrogen-bond acceptors (Lipinski definition) is 5. The second-order valence-electron chi connectivity index (χ2n) is 6.06. The van der Waals surface area contributed by atoms with Crippen molar-refractivity contribution < 1.29 is 9.50 Å². The number of hydrogen-bond donors (Lipinski definition) is 3. The number of nitrogens with two attached hydrogens (primary N) is 1. The fraction of sp³-hybridized carbons (Fsp3) is 0.200. The molecule has 0 fully saturated rings. The Morgan fingerprint density at radius 3 is 2.73 bits per heavy atom. The van der Waals surface area contributed by atoms with Crippen LogP contribution in [0.25, 0.3) is 22.5 Å². The van der Waals surface area contributed by atoms with Crippen LogP contribution in [0, 0.1) is 5.82 Å². The van der Waals surface area contributed by atoms with Gasteiger partial charge in [-0.2, -0.15) is 0 Å². The maximum atomic E-state index is 13.5. The number of phenols is 1. The molecule has 0 saturated carbocycles. The highest BCUT2D eigenvalue weighted by atomic mass is 19.1. The van der Waals surface area contributed by atoms with E-state index in [1.54, 1.807) is 36.5 Å². The van der Waals surface area contributed by atoms with Crippen molar-refractivity contribution in [2.75, 3.05) is 11.9 Å². The Hall–Kier alpha value is -2.99. The van der Waals surface area contributed by atoms with E-state index in [2.05, 4.69) is 15.3 Å². The summed E-state index contributed by atoms with van der Waals surface area (Å²) in [6.07, 6.45) is 2.48. The monoisotopic (exact) mass is 352 g/mol. The molecular formula is C20H21FN4O. The van der Waals surface area contributed by atoms with Gasteiger partial charge in [-0.25, -0.2) is 14.4 Å². The summed E-state index contributed by atoms with van der Waals surface area (Å²) in [5.41, 5.74) is 7.88. The average Bonchev–Trinajstić information content (AvgIpc) is 2.66. The van der Waals surface area contributed by atoms with Crippen LogP contribution in [-0.4, -0.2) is 27.7 Å². The zero-order chi connectivity index (χ0) is 18.5. The molecule has 0 aliphatic rings. The van der Waals surface area contributed by atoms with Gasteiger partial charge < -0.3 is 16.2 Å². The number of rotatable bonds is 6. The molecule has 2 aromatic carbocycles.